The van der Waals surface area contributed by atoms with Gasteiger partial charge in [0.05, 0.1) is 11.6 Å². The van der Waals surface area contributed by atoms with Gasteiger partial charge >= 0.3 is 0 Å². The molecule has 0 aliphatic carbocycles. The van der Waals surface area contributed by atoms with Crippen LogP contribution in [0.1, 0.15) is 11.1 Å². The highest BCUT2D eigenvalue weighted by Crippen LogP contribution is 2.28. The molecule has 78 valence electrons. The predicted octanol–water partition coefficient (Wildman–Crippen LogP) is 3.58. The molecule has 1 heterocycles. The van der Waals surface area contributed by atoms with Crippen molar-refractivity contribution in [3.8, 4) is 17.2 Å². The third kappa shape index (κ3) is 2.05. The Morgan fingerprint density at radius 1 is 1.25 bits per heavy atom. The Labute approximate surface area is 99.1 Å². The second-order valence-corrected chi connectivity index (χ2v) is 3.96. The summed E-state index contributed by atoms with van der Waals surface area (Å²) in [5, 5.41) is 9.32. The fourth-order valence-corrected chi connectivity index (χ4v) is 1.81. The molecular weight excluding hydrogens is 220 g/mol. The Kier molecular flexibility index (Phi) is 2.89. The van der Waals surface area contributed by atoms with E-state index in [-0.39, 0.29) is 0 Å². The number of rotatable bonds is 1. The monoisotopic (exact) mass is 228 g/mol. The fraction of sp³-hybridized carbons (Fsp3) is 0.0769. The predicted molar refractivity (Wildman–Crippen MR) is 64.1 cm³/mol. The minimum atomic E-state index is 0.564. The maximum atomic E-state index is 8.75. The van der Waals surface area contributed by atoms with Gasteiger partial charge in [-0.15, -0.1) is 0 Å². The van der Waals surface area contributed by atoms with Gasteiger partial charge in [0.15, 0.2) is 0 Å². The van der Waals surface area contributed by atoms with E-state index in [1.54, 1.807) is 24.5 Å². The molecule has 0 aliphatic rings. The Balaban J connectivity index is 2.53. The summed E-state index contributed by atoms with van der Waals surface area (Å²) in [4.78, 5) is 4.12. The molecule has 0 bridgehead atoms. The molecule has 0 amide bonds. The van der Waals surface area contributed by atoms with E-state index in [0.717, 1.165) is 16.7 Å². The second-order valence-electron chi connectivity index (χ2n) is 3.56. The minimum Gasteiger partial charge on any atom is -0.264 e. The molecule has 3 heteroatoms. The van der Waals surface area contributed by atoms with E-state index in [4.69, 9.17) is 16.9 Å². The molecule has 0 saturated heterocycles. The van der Waals surface area contributed by atoms with Gasteiger partial charge in [-0.1, -0.05) is 17.7 Å². The highest BCUT2D eigenvalue weighted by atomic mass is 35.5. The van der Waals surface area contributed by atoms with Crippen molar-refractivity contribution < 1.29 is 0 Å². The number of hydrogen-bond donors (Lipinski definition) is 0. The van der Waals surface area contributed by atoms with Crippen LogP contribution in [0.4, 0.5) is 0 Å². The molecule has 0 radical (unpaired) electrons. The summed E-state index contributed by atoms with van der Waals surface area (Å²) >= 11 is 6.12. The Hall–Kier alpha value is -1.85. The minimum absolute atomic E-state index is 0.564. The summed E-state index contributed by atoms with van der Waals surface area (Å²) in [6.45, 7) is 1.98. The molecular formula is C13H9ClN2. The van der Waals surface area contributed by atoms with Gasteiger partial charge in [0.2, 0.25) is 0 Å². The van der Waals surface area contributed by atoms with Crippen LogP contribution in [0.2, 0.25) is 5.02 Å². The number of nitriles is 1. The van der Waals surface area contributed by atoms with Crippen LogP contribution in [0.5, 0.6) is 0 Å². The van der Waals surface area contributed by atoms with Gasteiger partial charge in [-0.25, -0.2) is 0 Å². The maximum Gasteiger partial charge on any atom is 0.0992 e. The first-order chi connectivity index (χ1) is 7.70. The van der Waals surface area contributed by atoms with Crippen LogP contribution < -0.4 is 0 Å². The highest BCUT2D eigenvalue weighted by Gasteiger charge is 2.04. The third-order valence-corrected chi connectivity index (χ3v) is 2.60. The van der Waals surface area contributed by atoms with Crippen LogP contribution in [-0.2, 0) is 0 Å². The largest absolute Gasteiger partial charge is 0.264 e. The number of benzene rings is 1. The van der Waals surface area contributed by atoms with E-state index in [9.17, 15) is 0 Å². The zero-order chi connectivity index (χ0) is 11.5. The average molecular weight is 229 g/mol. The van der Waals surface area contributed by atoms with Crippen molar-refractivity contribution in [3.05, 3.63) is 52.8 Å². The summed E-state index contributed by atoms with van der Waals surface area (Å²) < 4.78 is 0. The van der Waals surface area contributed by atoms with Crippen molar-refractivity contribution in [1.29, 1.82) is 5.26 Å². The first kappa shape index (κ1) is 10.7. The van der Waals surface area contributed by atoms with E-state index in [0.29, 0.717) is 10.6 Å². The Morgan fingerprint density at radius 3 is 2.69 bits per heavy atom. The molecule has 16 heavy (non-hydrogen) atoms. The molecule has 1 aromatic heterocycles. The van der Waals surface area contributed by atoms with Crippen LogP contribution in [-0.4, -0.2) is 4.98 Å². The maximum absolute atomic E-state index is 8.75. The van der Waals surface area contributed by atoms with Crippen molar-refractivity contribution in [1.82, 2.24) is 4.98 Å². The topological polar surface area (TPSA) is 36.7 Å². The van der Waals surface area contributed by atoms with Crippen LogP contribution >= 0.6 is 11.6 Å². The van der Waals surface area contributed by atoms with Gasteiger partial charge in [0.25, 0.3) is 0 Å². The molecule has 0 unspecified atom stereocenters. The molecule has 0 aliphatic heterocycles. The standard InChI is InChI=1S/C13H9ClN2/c1-9-4-11(8-16-7-9)12-3-2-10(6-15)5-13(12)14/h2-5,7-8H,1H3. The Morgan fingerprint density at radius 2 is 2.06 bits per heavy atom. The van der Waals surface area contributed by atoms with Gasteiger partial charge in [0, 0.05) is 28.5 Å². The van der Waals surface area contributed by atoms with Gasteiger partial charge in [0.1, 0.15) is 0 Å². The highest BCUT2D eigenvalue weighted by molar-refractivity contribution is 6.33. The molecule has 0 N–H and O–H groups in total. The smallest absolute Gasteiger partial charge is 0.0992 e. The van der Waals surface area contributed by atoms with E-state index in [2.05, 4.69) is 11.1 Å². The summed E-state index contributed by atoms with van der Waals surface area (Å²) in [5.74, 6) is 0. The molecule has 2 aromatic rings. The lowest BCUT2D eigenvalue weighted by Gasteiger charge is -2.05. The Bertz CT molecular complexity index is 570. The number of nitrogens with zero attached hydrogens (tertiary/aromatic N) is 2. The third-order valence-electron chi connectivity index (χ3n) is 2.28. The lowest BCUT2D eigenvalue weighted by atomic mass is 10.0. The van der Waals surface area contributed by atoms with Crippen LogP contribution in [0.15, 0.2) is 36.7 Å². The van der Waals surface area contributed by atoms with Gasteiger partial charge in [-0.05, 0) is 30.7 Å². The lowest BCUT2D eigenvalue weighted by molar-refractivity contribution is 1.27. The molecule has 2 nitrogen and oxygen atoms in total. The van der Waals surface area contributed by atoms with Gasteiger partial charge in [-0.3, -0.25) is 4.98 Å². The summed E-state index contributed by atoms with van der Waals surface area (Å²) in [5.41, 5.74) is 3.51. The molecule has 0 atom stereocenters. The van der Waals surface area contributed by atoms with Gasteiger partial charge in [-0.2, -0.15) is 5.26 Å². The van der Waals surface area contributed by atoms with E-state index in [1.807, 2.05) is 19.1 Å². The van der Waals surface area contributed by atoms with E-state index < -0.39 is 0 Å². The van der Waals surface area contributed by atoms with Crippen LogP contribution in [0, 0.1) is 18.3 Å². The summed E-state index contributed by atoms with van der Waals surface area (Å²) in [6, 6.07) is 9.34. The average Bonchev–Trinajstić information content (AvgIpc) is 2.28. The van der Waals surface area contributed by atoms with E-state index >= 15 is 0 Å². The fourth-order valence-electron chi connectivity index (χ4n) is 1.52. The summed E-state index contributed by atoms with van der Waals surface area (Å²) in [7, 11) is 0. The lowest BCUT2D eigenvalue weighted by Crippen LogP contribution is -1.84. The van der Waals surface area contributed by atoms with Crippen molar-refractivity contribution in [2.75, 3.05) is 0 Å². The molecule has 1 aromatic carbocycles. The van der Waals surface area contributed by atoms with Crippen molar-refractivity contribution >= 4 is 11.6 Å². The number of aromatic nitrogens is 1. The number of halogens is 1. The number of aryl methyl sites for hydroxylation is 1. The normalized spacial score (nSPS) is 9.81. The zero-order valence-corrected chi connectivity index (χ0v) is 9.49. The molecule has 0 saturated carbocycles. The zero-order valence-electron chi connectivity index (χ0n) is 8.74. The second kappa shape index (κ2) is 4.34. The first-order valence-corrected chi connectivity index (χ1v) is 5.20. The van der Waals surface area contributed by atoms with Crippen LogP contribution in [0.3, 0.4) is 0 Å². The van der Waals surface area contributed by atoms with Crippen LogP contribution in [0.25, 0.3) is 11.1 Å². The quantitative estimate of drug-likeness (QED) is 0.748. The SMILES string of the molecule is Cc1cncc(-c2ccc(C#N)cc2Cl)c1. The van der Waals surface area contributed by atoms with Crippen molar-refractivity contribution in [2.45, 2.75) is 6.92 Å². The number of pyridine rings is 1. The molecule has 0 fully saturated rings. The number of hydrogen-bond acceptors (Lipinski definition) is 2. The summed E-state index contributed by atoms with van der Waals surface area (Å²) in [6.07, 6.45) is 3.56. The molecule has 2 rings (SSSR count). The van der Waals surface area contributed by atoms with Crippen molar-refractivity contribution in [2.24, 2.45) is 0 Å². The first-order valence-electron chi connectivity index (χ1n) is 4.82. The van der Waals surface area contributed by atoms with E-state index in [1.165, 1.54) is 0 Å². The van der Waals surface area contributed by atoms with Crippen molar-refractivity contribution in [3.63, 3.8) is 0 Å². The molecule has 0 spiro atoms. The van der Waals surface area contributed by atoms with Gasteiger partial charge < -0.3 is 0 Å².